The summed E-state index contributed by atoms with van der Waals surface area (Å²) in [5.74, 6) is 0.655. The smallest absolute Gasteiger partial charge is 0.407 e. The molecule has 21 heavy (non-hydrogen) atoms. The number of carbonyl (C=O) groups excluding carboxylic acids is 2. The lowest BCUT2D eigenvalue weighted by Crippen LogP contribution is -2.41. The zero-order valence-electron chi connectivity index (χ0n) is 13.8. The highest BCUT2D eigenvalue weighted by Gasteiger charge is 2.22. The quantitative estimate of drug-likeness (QED) is 0.767. The SMILES string of the molecule is CC1CCCCC1NC(=O)CCCNC(=O)OC(C)(C)C. The molecule has 2 unspecified atom stereocenters. The molecule has 1 saturated carbocycles. The van der Waals surface area contributed by atoms with Crippen LogP contribution in [-0.4, -0.2) is 30.2 Å². The van der Waals surface area contributed by atoms with Gasteiger partial charge in [-0.1, -0.05) is 19.8 Å². The first-order valence-corrected chi connectivity index (χ1v) is 8.04. The highest BCUT2D eigenvalue weighted by molar-refractivity contribution is 5.76. The predicted octanol–water partition coefficient (Wildman–Crippen LogP) is 2.99. The molecule has 5 nitrogen and oxygen atoms in total. The van der Waals surface area contributed by atoms with Crippen molar-refractivity contribution >= 4 is 12.0 Å². The van der Waals surface area contributed by atoms with Gasteiger partial charge in [-0.05, 0) is 46.0 Å². The minimum absolute atomic E-state index is 0.0831. The van der Waals surface area contributed by atoms with Crippen LogP contribution in [0.1, 0.15) is 66.2 Å². The number of hydrogen-bond donors (Lipinski definition) is 2. The summed E-state index contributed by atoms with van der Waals surface area (Å²) in [6, 6.07) is 0.324. The van der Waals surface area contributed by atoms with Gasteiger partial charge in [0.2, 0.25) is 5.91 Å². The summed E-state index contributed by atoms with van der Waals surface area (Å²) < 4.78 is 5.13. The number of amides is 2. The summed E-state index contributed by atoms with van der Waals surface area (Å²) in [4.78, 5) is 23.3. The van der Waals surface area contributed by atoms with E-state index in [1.54, 1.807) is 0 Å². The molecule has 0 aliphatic heterocycles. The standard InChI is InChI=1S/C16H30N2O3/c1-12-8-5-6-9-13(12)18-14(19)10-7-11-17-15(20)21-16(2,3)4/h12-13H,5-11H2,1-4H3,(H,17,20)(H,18,19). The van der Waals surface area contributed by atoms with Crippen molar-refractivity contribution in [1.82, 2.24) is 10.6 Å². The van der Waals surface area contributed by atoms with Gasteiger partial charge >= 0.3 is 6.09 Å². The van der Waals surface area contributed by atoms with Crippen LogP contribution in [0.5, 0.6) is 0 Å². The van der Waals surface area contributed by atoms with E-state index in [0.717, 1.165) is 6.42 Å². The number of ether oxygens (including phenoxy) is 1. The van der Waals surface area contributed by atoms with Crippen molar-refractivity contribution in [1.29, 1.82) is 0 Å². The molecule has 1 fully saturated rings. The van der Waals surface area contributed by atoms with Crippen LogP contribution in [0.2, 0.25) is 0 Å². The molecule has 0 radical (unpaired) electrons. The van der Waals surface area contributed by atoms with Crippen molar-refractivity contribution < 1.29 is 14.3 Å². The van der Waals surface area contributed by atoms with E-state index in [1.165, 1.54) is 19.3 Å². The fraction of sp³-hybridized carbons (Fsp3) is 0.875. The van der Waals surface area contributed by atoms with Gasteiger partial charge in [0.15, 0.2) is 0 Å². The second-order valence-corrected chi connectivity index (χ2v) is 6.97. The van der Waals surface area contributed by atoms with Crippen molar-refractivity contribution in [3.63, 3.8) is 0 Å². The summed E-state index contributed by atoms with van der Waals surface area (Å²) in [7, 11) is 0. The summed E-state index contributed by atoms with van der Waals surface area (Å²) >= 11 is 0. The lowest BCUT2D eigenvalue weighted by Gasteiger charge is -2.29. The number of nitrogens with one attached hydrogen (secondary N) is 2. The molecule has 0 saturated heterocycles. The Balaban J connectivity index is 2.12. The normalized spacial score (nSPS) is 22.5. The summed E-state index contributed by atoms with van der Waals surface area (Å²) in [6.45, 7) is 8.14. The Morgan fingerprint density at radius 1 is 1.19 bits per heavy atom. The van der Waals surface area contributed by atoms with Gasteiger partial charge in [0.05, 0.1) is 0 Å². The van der Waals surface area contributed by atoms with Crippen molar-refractivity contribution in [2.24, 2.45) is 5.92 Å². The molecule has 0 spiro atoms. The van der Waals surface area contributed by atoms with Crippen LogP contribution in [0.25, 0.3) is 0 Å². The van der Waals surface area contributed by atoms with E-state index in [4.69, 9.17) is 4.74 Å². The van der Waals surface area contributed by atoms with Crippen molar-refractivity contribution in [2.45, 2.75) is 77.9 Å². The van der Waals surface area contributed by atoms with E-state index in [9.17, 15) is 9.59 Å². The number of alkyl carbamates (subject to hydrolysis) is 1. The average Bonchev–Trinajstić information content (AvgIpc) is 2.35. The molecule has 0 aromatic heterocycles. The predicted molar refractivity (Wildman–Crippen MR) is 83.0 cm³/mol. The lowest BCUT2D eigenvalue weighted by atomic mass is 9.86. The molecule has 2 N–H and O–H groups in total. The molecule has 5 heteroatoms. The zero-order valence-corrected chi connectivity index (χ0v) is 13.8. The molecule has 0 bridgehead atoms. The molecule has 2 amide bonds. The summed E-state index contributed by atoms with van der Waals surface area (Å²) in [5.41, 5.74) is -0.488. The van der Waals surface area contributed by atoms with Crippen LogP contribution in [0.4, 0.5) is 4.79 Å². The third-order valence-corrected chi connectivity index (χ3v) is 3.71. The number of carbonyl (C=O) groups is 2. The van der Waals surface area contributed by atoms with Gasteiger partial charge < -0.3 is 15.4 Å². The molecule has 1 aliphatic rings. The molecule has 0 heterocycles. The van der Waals surface area contributed by atoms with Gasteiger partial charge in [0.1, 0.15) is 5.60 Å². The van der Waals surface area contributed by atoms with Crippen LogP contribution < -0.4 is 10.6 Å². The van der Waals surface area contributed by atoms with Gasteiger partial charge in [0.25, 0.3) is 0 Å². The first-order chi connectivity index (χ1) is 9.78. The summed E-state index contributed by atoms with van der Waals surface area (Å²) in [6.07, 6.45) is 5.41. The highest BCUT2D eigenvalue weighted by Crippen LogP contribution is 2.23. The molecular formula is C16H30N2O3. The minimum atomic E-state index is -0.488. The van der Waals surface area contributed by atoms with Crippen LogP contribution in [-0.2, 0) is 9.53 Å². The zero-order chi connectivity index (χ0) is 15.9. The van der Waals surface area contributed by atoms with E-state index in [-0.39, 0.29) is 5.91 Å². The maximum atomic E-state index is 11.9. The molecular weight excluding hydrogens is 268 g/mol. The van der Waals surface area contributed by atoms with E-state index >= 15 is 0 Å². The van der Waals surface area contributed by atoms with E-state index in [2.05, 4.69) is 17.6 Å². The second-order valence-electron chi connectivity index (χ2n) is 6.97. The maximum absolute atomic E-state index is 11.9. The van der Waals surface area contributed by atoms with Gasteiger partial charge in [-0.2, -0.15) is 0 Å². The van der Waals surface area contributed by atoms with Crippen LogP contribution in [0, 0.1) is 5.92 Å². The van der Waals surface area contributed by atoms with Crippen molar-refractivity contribution in [3.05, 3.63) is 0 Å². The monoisotopic (exact) mass is 298 g/mol. The van der Waals surface area contributed by atoms with Gasteiger partial charge in [-0.3, -0.25) is 4.79 Å². The Kier molecular flexibility index (Phi) is 6.99. The third-order valence-electron chi connectivity index (χ3n) is 3.71. The molecule has 1 rings (SSSR count). The van der Waals surface area contributed by atoms with Crippen LogP contribution >= 0.6 is 0 Å². The summed E-state index contributed by atoms with van der Waals surface area (Å²) in [5, 5.41) is 5.78. The first-order valence-electron chi connectivity index (χ1n) is 8.04. The minimum Gasteiger partial charge on any atom is -0.444 e. The second kappa shape index (κ2) is 8.25. The Labute approximate surface area is 128 Å². The van der Waals surface area contributed by atoms with Crippen molar-refractivity contribution in [3.8, 4) is 0 Å². The number of rotatable bonds is 5. The fourth-order valence-electron chi connectivity index (χ4n) is 2.56. The highest BCUT2D eigenvalue weighted by atomic mass is 16.6. The molecule has 0 aromatic rings. The lowest BCUT2D eigenvalue weighted by molar-refractivity contribution is -0.122. The van der Waals surface area contributed by atoms with E-state index in [0.29, 0.717) is 31.3 Å². The van der Waals surface area contributed by atoms with Gasteiger partial charge in [-0.25, -0.2) is 4.79 Å². The molecule has 122 valence electrons. The largest absolute Gasteiger partial charge is 0.444 e. The Morgan fingerprint density at radius 2 is 1.86 bits per heavy atom. The van der Waals surface area contributed by atoms with Gasteiger partial charge in [-0.15, -0.1) is 0 Å². The van der Waals surface area contributed by atoms with Crippen LogP contribution in [0.15, 0.2) is 0 Å². The fourth-order valence-corrected chi connectivity index (χ4v) is 2.56. The molecule has 0 aromatic carbocycles. The van der Waals surface area contributed by atoms with Gasteiger partial charge in [0, 0.05) is 19.0 Å². The average molecular weight is 298 g/mol. The molecule has 2 atom stereocenters. The van der Waals surface area contributed by atoms with E-state index in [1.807, 2.05) is 20.8 Å². The third kappa shape index (κ3) is 7.93. The van der Waals surface area contributed by atoms with Crippen LogP contribution in [0.3, 0.4) is 0 Å². The van der Waals surface area contributed by atoms with Crippen molar-refractivity contribution in [2.75, 3.05) is 6.54 Å². The number of hydrogen-bond acceptors (Lipinski definition) is 3. The Bertz CT molecular complexity index is 350. The first kappa shape index (κ1) is 17.8. The van der Waals surface area contributed by atoms with E-state index < -0.39 is 11.7 Å². The topological polar surface area (TPSA) is 67.4 Å². The molecule has 1 aliphatic carbocycles. The maximum Gasteiger partial charge on any atom is 0.407 e. The Morgan fingerprint density at radius 3 is 2.48 bits per heavy atom. The Hall–Kier alpha value is -1.26.